The number of benzene rings is 3. The zero-order chi connectivity index (χ0) is 15.8. The summed E-state index contributed by atoms with van der Waals surface area (Å²) in [4.78, 5) is 20.4. The van der Waals surface area contributed by atoms with Crippen LogP contribution in [0.15, 0.2) is 65.8 Å². The SMILES string of the molecule is Cc1ccc2nc(SC(=O)c3cccc4ccccc34)[nH]c2c1. The van der Waals surface area contributed by atoms with Crippen LogP contribution in [-0.4, -0.2) is 15.1 Å². The van der Waals surface area contributed by atoms with Gasteiger partial charge in [0, 0.05) is 5.56 Å². The number of carbonyl (C=O) groups is 1. The van der Waals surface area contributed by atoms with Crippen LogP contribution in [0.5, 0.6) is 0 Å². The molecule has 1 heterocycles. The Bertz CT molecular complexity index is 1030. The van der Waals surface area contributed by atoms with E-state index in [1.165, 1.54) is 0 Å². The van der Waals surface area contributed by atoms with Crippen LogP contribution >= 0.6 is 11.8 Å². The van der Waals surface area contributed by atoms with Gasteiger partial charge in [0.1, 0.15) is 0 Å². The van der Waals surface area contributed by atoms with E-state index in [0.717, 1.165) is 39.1 Å². The summed E-state index contributed by atoms with van der Waals surface area (Å²) in [5.41, 5.74) is 3.71. The number of H-pyrrole nitrogens is 1. The topological polar surface area (TPSA) is 45.8 Å². The molecular formula is C19H14N2OS. The van der Waals surface area contributed by atoms with Crippen molar-refractivity contribution in [2.24, 2.45) is 0 Å². The maximum absolute atomic E-state index is 12.7. The highest BCUT2D eigenvalue weighted by atomic mass is 32.2. The second kappa shape index (κ2) is 5.56. The average Bonchev–Trinajstić information content (AvgIpc) is 2.95. The van der Waals surface area contributed by atoms with Gasteiger partial charge in [-0.1, -0.05) is 42.5 Å². The molecule has 3 nitrogen and oxygen atoms in total. The molecule has 0 fully saturated rings. The van der Waals surface area contributed by atoms with Gasteiger partial charge in [0.15, 0.2) is 5.16 Å². The van der Waals surface area contributed by atoms with E-state index in [9.17, 15) is 4.79 Å². The van der Waals surface area contributed by atoms with Crippen molar-refractivity contribution >= 4 is 38.7 Å². The number of hydrogen-bond acceptors (Lipinski definition) is 3. The van der Waals surface area contributed by atoms with E-state index < -0.39 is 0 Å². The molecule has 0 aliphatic heterocycles. The van der Waals surface area contributed by atoms with Crippen LogP contribution in [0.3, 0.4) is 0 Å². The largest absolute Gasteiger partial charge is 0.333 e. The first kappa shape index (κ1) is 14.0. The predicted molar refractivity (Wildman–Crippen MR) is 95.0 cm³/mol. The number of rotatable bonds is 2. The van der Waals surface area contributed by atoms with Gasteiger partial charge in [-0.15, -0.1) is 0 Å². The van der Waals surface area contributed by atoms with E-state index >= 15 is 0 Å². The zero-order valence-corrected chi connectivity index (χ0v) is 13.4. The molecule has 1 N–H and O–H groups in total. The number of aromatic nitrogens is 2. The predicted octanol–water partition coefficient (Wildman–Crippen LogP) is 4.96. The van der Waals surface area contributed by atoms with E-state index in [4.69, 9.17) is 0 Å². The lowest BCUT2D eigenvalue weighted by Crippen LogP contribution is -1.95. The second-order valence-corrected chi connectivity index (χ2v) is 6.44. The molecule has 0 saturated carbocycles. The molecule has 0 radical (unpaired) electrons. The van der Waals surface area contributed by atoms with Gasteiger partial charge in [0.2, 0.25) is 5.12 Å². The lowest BCUT2D eigenvalue weighted by molar-refractivity contribution is 0.109. The number of carbonyl (C=O) groups excluding carboxylic acids is 1. The van der Waals surface area contributed by atoms with E-state index in [0.29, 0.717) is 10.7 Å². The van der Waals surface area contributed by atoms with E-state index in [2.05, 4.69) is 9.97 Å². The molecule has 0 bridgehead atoms. The third-order valence-electron chi connectivity index (χ3n) is 3.81. The molecule has 4 rings (SSSR count). The fourth-order valence-corrected chi connectivity index (χ4v) is 3.46. The fourth-order valence-electron chi connectivity index (χ4n) is 2.69. The van der Waals surface area contributed by atoms with Gasteiger partial charge in [-0.25, -0.2) is 4.98 Å². The summed E-state index contributed by atoms with van der Waals surface area (Å²) in [6.07, 6.45) is 0. The molecule has 0 amide bonds. The Hall–Kier alpha value is -2.59. The average molecular weight is 318 g/mol. The molecule has 112 valence electrons. The lowest BCUT2D eigenvalue weighted by atomic mass is 10.1. The standard InChI is InChI=1S/C19H14N2OS/c1-12-9-10-16-17(11-12)21-19(20-16)23-18(22)15-8-4-6-13-5-2-3-7-14(13)15/h2-11H,1H3,(H,20,21). The zero-order valence-electron chi connectivity index (χ0n) is 12.5. The van der Waals surface area contributed by atoms with Crippen molar-refractivity contribution in [3.63, 3.8) is 0 Å². The number of nitrogens with zero attached hydrogens (tertiary/aromatic N) is 1. The van der Waals surface area contributed by atoms with Crippen LogP contribution in [0.2, 0.25) is 0 Å². The summed E-state index contributed by atoms with van der Waals surface area (Å²) in [5, 5.41) is 2.67. The van der Waals surface area contributed by atoms with Crippen molar-refractivity contribution in [3.8, 4) is 0 Å². The van der Waals surface area contributed by atoms with Gasteiger partial charge in [0.25, 0.3) is 0 Å². The molecule has 3 aromatic carbocycles. The number of fused-ring (bicyclic) bond motifs is 2. The van der Waals surface area contributed by atoms with Crippen molar-refractivity contribution in [1.29, 1.82) is 0 Å². The molecule has 4 aromatic rings. The molecule has 0 spiro atoms. The minimum atomic E-state index is -0.00224. The van der Waals surface area contributed by atoms with Gasteiger partial charge in [-0.3, -0.25) is 4.79 Å². The Kier molecular flexibility index (Phi) is 3.39. The Morgan fingerprint density at radius 2 is 1.87 bits per heavy atom. The van der Waals surface area contributed by atoms with Gasteiger partial charge in [-0.05, 0) is 53.2 Å². The van der Waals surface area contributed by atoms with Gasteiger partial charge in [-0.2, -0.15) is 0 Å². The highest BCUT2D eigenvalue weighted by Crippen LogP contribution is 2.27. The van der Waals surface area contributed by atoms with E-state index in [1.54, 1.807) is 0 Å². The normalized spacial score (nSPS) is 11.2. The number of imidazole rings is 1. The smallest absolute Gasteiger partial charge is 0.227 e. The van der Waals surface area contributed by atoms with Crippen molar-refractivity contribution < 1.29 is 4.79 Å². The maximum atomic E-state index is 12.7. The minimum Gasteiger partial charge on any atom is -0.333 e. The fraction of sp³-hybridized carbons (Fsp3) is 0.0526. The van der Waals surface area contributed by atoms with Crippen LogP contribution in [-0.2, 0) is 0 Å². The molecule has 4 heteroatoms. The summed E-state index contributed by atoms with van der Waals surface area (Å²) in [6, 6.07) is 19.7. The minimum absolute atomic E-state index is 0.00224. The number of thioether (sulfide) groups is 1. The van der Waals surface area contributed by atoms with Crippen molar-refractivity contribution in [3.05, 3.63) is 71.8 Å². The van der Waals surface area contributed by atoms with Crippen LogP contribution in [0.25, 0.3) is 21.8 Å². The Balaban J connectivity index is 1.70. The van der Waals surface area contributed by atoms with Crippen LogP contribution in [0.1, 0.15) is 15.9 Å². The first-order valence-corrected chi connectivity index (χ1v) is 8.19. The van der Waals surface area contributed by atoms with Crippen molar-refractivity contribution in [2.45, 2.75) is 12.1 Å². The molecule has 0 aliphatic rings. The summed E-state index contributed by atoms with van der Waals surface area (Å²) < 4.78 is 0. The summed E-state index contributed by atoms with van der Waals surface area (Å²) >= 11 is 1.14. The van der Waals surface area contributed by atoms with Crippen molar-refractivity contribution in [1.82, 2.24) is 9.97 Å². The Morgan fingerprint density at radius 3 is 2.78 bits per heavy atom. The van der Waals surface area contributed by atoms with Gasteiger partial charge in [0.05, 0.1) is 11.0 Å². The first-order chi connectivity index (χ1) is 11.2. The quantitative estimate of drug-likeness (QED) is 0.531. The highest BCUT2D eigenvalue weighted by molar-refractivity contribution is 8.14. The second-order valence-electron chi connectivity index (χ2n) is 5.48. The third-order valence-corrected chi connectivity index (χ3v) is 4.61. The summed E-state index contributed by atoms with van der Waals surface area (Å²) in [6.45, 7) is 2.04. The first-order valence-electron chi connectivity index (χ1n) is 7.37. The van der Waals surface area contributed by atoms with Crippen LogP contribution < -0.4 is 0 Å². The number of aromatic amines is 1. The maximum Gasteiger partial charge on any atom is 0.227 e. The van der Waals surface area contributed by atoms with E-state index in [1.807, 2.05) is 67.6 Å². The lowest BCUT2D eigenvalue weighted by Gasteiger charge is -2.03. The molecule has 0 aliphatic carbocycles. The molecule has 23 heavy (non-hydrogen) atoms. The number of nitrogens with one attached hydrogen (secondary N) is 1. The van der Waals surface area contributed by atoms with Crippen molar-refractivity contribution in [2.75, 3.05) is 0 Å². The van der Waals surface area contributed by atoms with Crippen LogP contribution in [0, 0.1) is 6.92 Å². The number of hydrogen-bond donors (Lipinski definition) is 1. The summed E-state index contributed by atoms with van der Waals surface area (Å²) in [7, 11) is 0. The van der Waals surface area contributed by atoms with Gasteiger partial charge >= 0.3 is 0 Å². The molecule has 0 saturated heterocycles. The Morgan fingerprint density at radius 1 is 1.04 bits per heavy atom. The monoisotopic (exact) mass is 318 g/mol. The molecule has 0 unspecified atom stereocenters. The van der Waals surface area contributed by atoms with E-state index in [-0.39, 0.29) is 5.12 Å². The molecular weight excluding hydrogens is 304 g/mol. The molecule has 1 aromatic heterocycles. The Labute approximate surface area is 137 Å². The van der Waals surface area contributed by atoms with Gasteiger partial charge < -0.3 is 4.98 Å². The number of aryl methyl sites for hydroxylation is 1. The van der Waals surface area contributed by atoms with Crippen LogP contribution in [0.4, 0.5) is 0 Å². The summed E-state index contributed by atoms with van der Waals surface area (Å²) in [5.74, 6) is 0. The third kappa shape index (κ3) is 2.62. The molecule has 0 atom stereocenters. The highest BCUT2D eigenvalue weighted by Gasteiger charge is 2.14.